The second-order valence-corrected chi connectivity index (χ2v) is 6.27. The van der Waals surface area contributed by atoms with Gasteiger partial charge in [0.2, 0.25) is 5.91 Å². The van der Waals surface area contributed by atoms with Crippen LogP contribution in [0.25, 0.3) is 0 Å². The second-order valence-electron chi connectivity index (χ2n) is 6.27. The molecule has 3 N–H and O–H groups in total. The van der Waals surface area contributed by atoms with Crippen molar-refractivity contribution in [3.05, 3.63) is 17.5 Å². The number of aromatic nitrogens is 2. The Labute approximate surface area is 124 Å². The third kappa shape index (κ3) is 2.70. The average Bonchev–Trinajstić information content (AvgIpc) is 3.08. The van der Waals surface area contributed by atoms with E-state index in [2.05, 4.69) is 15.7 Å². The summed E-state index contributed by atoms with van der Waals surface area (Å²) < 4.78 is 1.86. The summed E-state index contributed by atoms with van der Waals surface area (Å²) in [4.78, 5) is 12.5. The summed E-state index contributed by atoms with van der Waals surface area (Å²) in [6.07, 6.45) is 6.76. The average molecular weight is 292 g/mol. The van der Waals surface area contributed by atoms with Gasteiger partial charge in [-0.25, -0.2) is 0 Å². The molecule has 6 nitrogen and oxygen atoms in total. The summed E-state index contributed by atoms with van der Waals surface area (Å²) in [6.45, 7) is 3.50. The topological polar surface area (TPSA) is 79.2 Å². The Morgan fingerprint density at radius 3 is 3.19 bits per heavy atom. The number of aliphatic hydroxyl groups is 1. The van der Waals surface area contributed by atoms with Crippen molar-refractivity contribution in [1.29, 1.82) is 0 Å². The Hall–Kier alpha value is -1.40. The zero-order valence-corrected chi connectivity index (χ0v) is 12.6. The van der Waals surface area contributed by atoms with Crippen molar-refractivity contribution in [2.75, 3.05) is 13.2 Å². The Balaban J connectivity index is 1.75. The number of hydrogen-bond donors (Lipinski definition) is 3. The molecule has 2 unspecified atom stereocenters. The minimum atomic E-state index is -0.432. The predicted octanol–water partition coefficient (Wildman–Crippen LogP) is 0.511. The van der Waals surface area contributed by atoms with Crippen molar-refractivity contribution >= 4 is 5.91 Å². The first-order valence-electron chi connectivity index (χ1n) is 7.85. The number of nitrogens with one attached hydrogen (secondary N) is 2. The fourth-order valence-corrected chi connectivity index (χ4v) is 3.46. The third-order valence-corrected chi connectivity index (χ3v) is 4.75. The Morgan fingerprint density at radius 1 is 1.62 bits per heavy atom. The van der Waals surface area contributed by atoms with Crippen LogP contribution in [-0.2, 0) is 17.8 Å². The minimum Gasteiger partial charge on any atom is -0.394 e. The third-order valence-electron chi connectivity index (χ3n) is 4.75. The van der Waals surface area contributed by atoms with E-state index in [-0.39, 0.29) is 18.6 Å². The van der Waals surface area contributed by atoms with Gasteiger partial charge in [0.1, 0.15) is 0 Å². The standard InChI is InChI=1S/C15H24N4O2/c1-15(6-3-7-16-15)14(21)18-12-4-2-5-13-11(12)10-17-19(13)8-9-20/h10,12,16,20H,2-9H2,1H3,(H,18,21). The summed E-state index contributed by atoms with van der Waals surface area (Å²) in [5.74, 6) is 0.0905. The normalized spacial score (nSPS) is 28.4. The first kappa shape index (κ1) is 14.5. The largest absolute Gasteiger partial charge is 0.394 e. The Bertz CT molecular complexity index is 520. The molecule has 1 fully saturated rings. The lowest BCUT2D eigenvalue weighted by Crippen LogP contribution is -2.52. The quantitative estimate of drug-likeness (QED) is 0.755. The maximum absolute atomic E-state index is 12.5. The predicted molar refractivity (Wildman–Crippen MR) is 78.8 cm³/mol. The van der Waals surface area contributed by atoms with Crippen LogP contribution in [-0.4, -0.2) is 39.5 Å². The smallest absolute Gasteiger partial charge is 0.240 e. The molecule has 2 aliphatic rings. The molecule has 1 amide bonds. The Morgan fingerprint density at radius 2 is 2.48 bits per heavy atom. The van der Waals surface area contributed by atoms with Crippen molar-refractivity contribution in [2.45, 2.75) is 57.2 Å². The van der Waals surface area contributed by atoms with Gasteiger partial charge in [-0.2, -0.15) is 5.10 Å². The van der Waals surface area contributed by atoms with Gasteiger partial charge in [0.15, 0.2) is 0 Å². The molecule has 2 heterocycles. The summed E-state index contributed by atoms with van der Waals surface area (Å²) >= 11 is 0. The van der Waals surface area contributed by atoms with Crippen molar-refractivity contribution in [1.82, 2.24) is 20.4 Å². The van der Waals surface area contributed by atoms with E-state index >= 15 is 0 Å². The van der Waals surface area contributed by atoms with Crippen LogP contribution in [0.2, 0.25) is 0 Å². The van der Waals surface area contributed by atoms with Crippen LogP contribution in [0.3, 0.4) is 0 Å². The van der Waals surface area contributed by atoms with Crippen molar-refractivity contribution in [3.63, 3.8) is 0 Å². The number of aliphatic hydroxyl groups excluding tert-OH is 1. The second kappa shape index (κ2) is 5.77. The highest BCUT2D eigenvalue weighted by atomic mass is 16.3. The lowest BCUT2D eigenvalue weighted by atomic mass is 9.91. The zero-order chi connectivity index (χ0) is 14.9. The van der Waals surface area contributed by atoms with Gasteiger partial charge in [-0.1, -0.05) is 0 Å². The number of carbonyl (C=O) groups excluding carboxylic acids is 1. The van der Waals surface area contributed by atoms with E-state index in [0.717, 1.165) is 49.9 Å². The molecule has 6 heteroatoms. The van der Waals surface area contributed by atoms with Crippen LogP contribution in [0.4, 0.5) is 0 Å². The number of amides is 1. The molecular weight excluding hydrogens is 268 g/mol. The molecule has 116 valence electrons. The fraction of sp³-hybridized carbons (Fsp3) is 0.733. The molecule has 2 atom stereocenters. The van der Waals surface area contributed by atoms with Gasteiger partial charge in [0, 0.05) is 11.3 Å². The summed E-state index contributed by atoms with van der Waals surface area (Å²) in [5, 5.41) is 19.9. The van der Waals surface area contributed by atoms with Crippen LogP contribution in [0.5, 0.6) is 0 Å². The van der Waals surface area contributed by atoms with Crippen LogP contribution in [0, 0.1) is 0 Å². The van der Waals surface area contributed by atoms with Gasteiger partial charge in [-0.05, 0) is 45.6 Å². The van der Waals surface area contributed by atoms with E-state index in [9.17, 15) is 4.79 Å². The fourth-order valence-electron chi connectivity index (χ4n) is 3.46. The van der Waals surface area contributed by atoms with Gasteiger partial charge >= 0.3 is 0 Å². The lowest BCUT2D eigenvalue weighted by Gasteiger charge is -2.29. The molecule has 0 radical (unpaired) electrons. The van der Waals surface area contributed by atoms with Crippen molar-refractivity contribution in [2.24, 2.45) is 0 Å². The van der Waals surface area contributed by atoms with E-state index < -0.39 is 5.54 Å². The molecule has 1 saturated heterocycles. The van der Waals surface area contributed by atoms with E-state index in [1.165, 1.54) is 0 Å². The van der Waals surface area contributed by atoms with Crippen LogP contribution >= 0.6 is 0 Å². The van der Waals surface area contributed by atoms with Gasteiger partial charge in [-0.15, -0.1) is 0 Å². The Kier molecular flexibility index (Phi) is 3.99. The number of nitrogens with zero attached hydrogens (tertiary/aromatic N) is 2. The molecular formula is C15H24N4O2. The lowest BCUT2D eigenvalue weighted by molar-refractivity contribution is -0.127. The van der Waals surface area contributed by atoms with E-state index in [4.69, 9.17) is 5.11 Å². The highest BCUT2D eigenvalue weighted by Gasteiger charge is 2.37. The number of carbonyl (C=O) groups is 1. The molecule has 3 rings (SSSR count). The highest BCUT2D eigenvalue weighted by molar-refractivity contribution is 5.86. The maximum Gasteiger partial charge on any atom is 0.240 e. The first-order valence-corrected chi connectivity index (χ1v) is 7.85. The van der Waals surface area contributed by atoms with Crippen molar-refractivity contribution < 1.29 is 9.90 Å². The van der Waals surface area contributed by atoms with E-state index in [0.29, 0.717) is 6.54 Å². The monoisotopic (exact) mass is 292 g/mol. The molecule has 21 heavy (non-hydrogen) atoms. The molecule has 0 bridgehead atoms. The van der Waals surface area contributed by atoms with Crippen LogP contribution < -0.4 is 10.6 Å². The summed E-state index contributed by atoms with van der Waals surface area (Å²) in [7, 11) is 0. The summed E-state index contributed by atoms with van der Waals surface area (Å²) in [5.41, 5.74) is 1.84. The van der Waals surface area contributed by atoms with Crippen LogP contribution in [0.15, 0.2) is 6.20 Å². The van der Waals surface area contributed by atoms with Gasteiger partial charge in [0.25, 0.3) is 0 Å². The maximum atomic E-state index is 12.5. The first-order chi connectivity index (χ1) is 10.1. The molecule has 1 aliphatic carbocycles. The van der Waals surface area contributed by atoms with E-state index in [1.54, 1.807) is 0 Å². The SMILES string of the molecule is CC1(C(=O)NC2CCCc3c2cnn3CCO)CCCN1. The zero-order valence-electron chi connectivity index (χ0n) is 12.6. The van der Waals surface area contributed by atoms with Gasteiger partial charge < -0.3 is 15.7 Å². The van der Waals surface area contributed by atoms with Crippen LogP contribution in [0.1, 0.15) is 49.9 Å². The van der Waals surface area contributed by atoms with Gasteiger partial charge in [-0.3, -0.25) is 9.48 Å². The molecule has 0 aromatic carbocycles. The number of rotatable bonds is 4. The molecule has 1 aromatic heterocycles. The van der Waals surface area contributed by atoms with E-state index in [1.807, 2.05) is 17.8 Å². The molecule has 0 saturated carbocycles. The number of fused-ring (bicyclic) bond motifs is 1. The van der Waals surface area contributed by atoms with Crippen molar-refractivity contribution in [3.8, 4) is 0 Å². The van der Waals surface area contributed by atoms with Gasteiger partial charge in [0.05, 0.1) is 30.9 Å². The molecule has 0 spiro atoms. The molecule has 1 aliphatic heterocycles. The molecule has 1 aromatic rings. The minimum absolute atomic E-state index is 0.0490. The summed E-state index contributed by atoms with van der Waals surface area (Å²) in [6, 6.07) is 0.0490. The highest BCUT2D eigenvalue weighted by Crippen LogP contribution is 2.30. The number of hydrogen-bond acceptors (Lipinski definition) is 4.